The summed E-state index contributed by atoms with van der Waals surface area (Å²) in [5.41, 5.74) is 2.01. The van der Waals surface area contributed by atoms with Crippen LogP contribution >= 0.6 is 0 Å². The van der Waals surface area contributed by atoms with Crippen molar-refractivity contribution < 1.29 is 10.2 Å². The summed E-state index contributed by atoms with van der Waals surface area (Å²) in [6.07, 6.45) is 4.21. The number of anilines is 1. The van der Waals surface area contributed by atoms with Crippen molar-refractivity contribution in [2.45, 2.75) is 57.3 Å². The molecule has 3 unspecified atom stereocenters. The van der Waals surface area contributed by atoms with Crippen molar-refractivity contribution in [2.75, 3.05) is 11.9 Å². The summed E-state index contributed by atoms with van der Waals surface area (Å²) < 4.78 is 0. The molecule has 0 amide bonds. The molecule has 1 saturated carbocycles. The van der Waals surface area contributed by atoms with E-state index < -0.39 is 6.10 Å². The zero-order valence-corrected chi connectivity index (χ0v) is 11.9. The van der Waals surface area contributed by atoms with E-state index >= 15 is 0 Å². The predicted octanol–water partition coefficient (Wildman–Crippen LogP) is 2.87. The average Bonchev–Trinajstić information content (AvgIpc) is 2.46. The van der Waals surface area contributed by atoms with E-state index in [1.54, 1.807) is 0 Å². The minimum atomic E-state index is -0.431. The highest BCUT2D eigenvalue weighted by molar-refractivity contribution is 5.55. The summed E-state index contributed by atoms with van der Waals surface area (Å²) in [5, 5.41) is 20.3. The molecule has 1 aromatic carbocycles. The van der Waals surface area contributed by atoms with Crippen LogP contribution in [-0.2, 0) is 0 Å². The van der Waals surface area contributed by atoms with Gasteiger partial charge in [-0.2, -0.15) is 0 Å². The number of likely N-dealkylation sites (N-methyl/N-ethyl adjacent to an activating group) is 1. The molecule has 1 aliphatic carbocycles. The quantitative estimate of drug-likeness (QED) is 0.878. The fourth-order valence-corrected chi connectivity index (χ4v) is 3.03. The zero-order chi connectivity index (χ0) is 13.8. The van der Waals surface area contributed by atoms with Crippen LogP contribution < -0.4 is 4.90 Å². The van der Waals surface area contributed by atoms with Gasteiger partial charge in [0.2, 0.25) is 0 Å². The molecule has 1 fully saturated rings. The van der Waals surface area contributed by atoms with Gasteiger partial charge in [0.1, 0.15) is 0 Å². The molecule has 106 valence electrons. The van der Waals surface area contributed by atoms with Crippen molar-refractivity contribution in [1.82, 2.24) is 0 Å². The van der Waals surface area contributed by atoms with E-state index in [1.165, 1.54) is 6.42 Å². The van der Waals surface area contributed by atoms with Gasteiger partial charge in [-0.25, -0.2) is 0 Å². The molecule has 0 aromatic heterocycles. The zero-order valence-electron chi connectivity index (χ0n) is 11.9. The molecule has 19 heavy (non-hydrogen) atoms. The van der Waals surface area contributed by atoms with E-state index in [-0.39, 0.29) is 12.1 Å². The van der Waals surface area contributed by atoms with Crippen LogP contribution in [0.3, 0.4) is 0 Å². The SMILES string of the molecule is CCC(O)c1ccccc1N(C)C1CCCCC1O. The van der Waals surface area contributed by atoms with E-state index in [0.29, 0.717) is 6.42 Å². The first-order valence-electron chi connectivity index (χ1n) is 7.33. The monoisotopic (exact) mass is 263 g/mol. The standard InChI is InChI=1S/C16H25NO2/c1-3-15(18)12-8-4-5-9-13(12)17(2)14-10-6-7-11-16(14)19/h4-5,8-9,14-16,18-19H,3,6-7,10-11H2,1-2H3. The molecule has 0 spiro atoms. The van der Waals surface area contributed by atoms with Gasteiger partial charge in [-0.3, -0.25) is 0 Å². The topological polar surface area (TPSA) is 43.7 Å². The third-order valence-electron chi connectivity index (χ3n) is 4.25. The van der Waals surface area contributed by atoms with E-state index in [0.717, 1.165) is 30.5 Å². The Morgan fingerprint density at radius 1 is 1.26 bits per heavy atom. The number of hydrogen-bond donors (Lipinski definition) is 2. The Labute approximate surface area is 115 Å². The van der Waals surface area contributed by atoms with Crippen molar-refractivity contribution >= 4 is 5.69 Å². The first-order chi connectivity index (χ1) is 9.15. The number of hydrogen-bond acceptors (Lipinski definition) is 3. The van der Waals surface area contributed by atoms with Crippen molar-refractivity contribution in [1.29, 1.82) is 0 Å². The summed E-state index contributed by atoms with van der Waals surface area (Å²) in [5.74, 6) is 0. The van der Waals surface area contributed by atoms with Crippen LogP contribution in [0.15, 0.2) is 24.3 Å². The Kier molecular flexibility index (Phi) is 4.83. The van der Waals surface area contributed by atoms with Gasteiger partial charge in [-0.15, -0.1) is 0 Å². The van der Waals surface area contributed by atoms with E-state index in [4.69, 9.17) is 0 Å². The lowest BCUT2D eigenvalue weighted by molar-refractivity contribution is 0.105. The number of nitrogens with zero attached hydrogens (tertiary/aromatic N) is 1. The maximum absolute atomic E-state index is 10.2. The minimum absolute atomic E-state index is 0.166. The fourth-order valence-electron chi connectivity index (χ4n) is 3.03. The van der Waals surface area contributed by atoms with Gasteiger partial charge >= 0.3 is 0 Å². The van der Waals surface area contributed by atoms with Crippen molar-refractivity contribution in [3.63, 3.8) is 0 Å². The fraction of sp³-hybridized carbons (Fsp3) is 0.625. The predicted molar refractivity (Wildman–Crippen MR) is 78.4 cm³/mol. The molecule has 3 heteroatoms. The van der Waals surface area contributed by atoms with Gasteiger partial charge < -0.3 is 15.1 Å². The third kappa shape index (κ3) is 3.10. The van der Waals surface area contributed by atoms with Crippen LogP contribution in [0.4, 0.5) is 5.69 Å². The van der Waals surface area contributed by atoms with Crippen molar-refractivity contribution in [3.8, 4) is 0 Å². The lowest BCUT2D eigenvalue weighted by atomic mass is 9.90. The number of benzene rings is 1. The largest absolute Gasteiger partial charge is 0.391 e. The van der Waals surface area contributed by atoms with Crippen LogP contribution in [0, 0.1) is 0 Å². The number of aliphatic hydroxyl groups excluding tert-OH is 2. The Balaban J connectivity index is 2.25. The van der Waals surface area contributed by atoms with Crippen molar-refractivity contribution in [2.24, 2.45) is 0 Å². The first kappa shape index (κ1) is 14.4. The lowest BCUT2D eigenvalue weighted by Gasteiger charge is -2.38. The lowest BCUT2D eigenvalue weighted by Crippen LogP contribution is -2.43. The molecular weight excluding hydrogens is 238 g/mol. The van der Waals surface area contributed by atoms with E-state index in [1.807, 2.05) is 38.2 Å². The van der Waals surface area contributed by atoms with Crippen LogP contribution in [0.25, 0.3) is 0 Å². The molecule has 3 atom stereocenters. The Bertz CT molecular complexity index is 407. The summed E-state index contributed by atoms with van der Waals surface area (Å²) >= 11 is 0. The molecule has 2 N–H and O–H groups in total. The molecule has 0 saturated heterocycles. The smallest absolute Gasteiger partial charge is 0.0807 e. The number of aliphatic hydroxyl groups is 2. The molecule has 1 aromatic rings. The maximum atomic E-state index is 10.2. The summed E-state index contributed by atoms with van der Waals surface area (Å²) in [7, 11) is 2.03. The summed E-state index contributed by atoms with van der Waals surface area (Å²) in [6, 6.07) is 8.14. The van der Waals surface area contributed by atoms with Gasteiger partial charge in [-0.05, 0) is 25.3 Å². The average molecular weight is 263 g/mol. The summed E-state index contributed by atoms with van der Waals surface area (Å²) in [4.78, 5) is 2.15. The highest BCUT2D eigenvalue weighted by Gasteiger charge is 2.28. The number of para-hydroxylation sites is 1. The number of rotatable bonds is 4. The van der Waals surface area contributed by atoms with Gasteiger partial charge in [0.05, 0.1) is 18.2 Å². The van der Waals surface area contributed by atoms with Gasteiger partial charge in [0, 0.05) is 18.3 Å². The second kappa shape index (κ2) is 6.40. The normalized spacial score (nSPS) is 25.1. The second-order valence-electron chi connectivity index (χ2n) is 5.51. The molecule has 3 nitrogen and oxygen atoms in total. The highest BCUT2D eigenvalue weighted by Crippen LogP contribution is 2.32. The molecule has 0 bridgehead atoms. The molecule has 0 aliphatic heterocycles. The van der Waals surface area contributed by atoms with Crippen LogP contribution in [0.5, 0.6) is 0 Å². The van der Waals surface area contributed by atoms with E-state index in [9.17, 15) is 10.2 Å². The molecule has 0 radical (unpaired) electrons. The van der Waals surface area contributed by atoms with E-state index in [2.05, 4.69) is 4.90 Å². The molecule has 0 heterocycles. The second-order valence-corrected chi connectivity index (χ2v) is 5.51. The first-order valence-corrected chi connectivity index (χ1v) is 7.33. The maximum Gasteiger partial charge on any atom is 0.0807 e. The molecule has 1 aliphatic rings. The highest BCUT2D eigenvalue weighted by atomic mass is 16.3. The Hall–Kier alpha value is -1.06. The minimum Gasteiger partial charge on any atom is -0.391 e. The van der Waals surface area contributed by atoms with Crippen LogP contribution in [0.2, 0.25) is 0 Å². The third-order valence-corrected chi connectivity index (χ3v) is 4.25. The Morgan fingerprint density at radius 2 is 1.95 bits per heavy atom. The van der Waals surface area contributed by atoms with Gasteiger partial charge in [0.25, 0.3) is 0 Å². The van der Waals surface area contributed by atoms with Crippen LogP contribution in [-0.4, -0.2) is 29.4 Å². The van der Waals surface area contributed by atoms with Crippen molar-refractivity contribution in [3.05, 3.63) is 29.8 Å². The van der Waals surface area contributed by atoms with Gasteiger partial charge in [-0.1, -0.05) is 38.0 Å². The molecular formula is C16H25NO2. The Morgan fingerprint density at radius 3 is 2.63 bits per heavy atom. The van der Waals surface area contributed by atoms with Crippen LogP contribution in [0.1, 0.15) is 50.7 Å². The summed E-state index contributed by atoms with van der Waals surface area (Å²) in [6.45, 7) is 1.98. The molecule has 2 rings (SSSR count). The van der Waals surface area contributed by atoms with Gasteiger partial charge in [0.15, 0.2) is 0 Å².